The average Bonchev–Trinajstić information content (AvgIpc) is 2.29. The van der Waals surface area contributed by atoms with E-state index in [1.54, 1.807) is 24.6 Å². The van der Waals surface area contributed by atoms with Crippen molar-refractivity contribution in [1.29, 1.82) is 0 Å². The first-order valence-electron chi connectivity index (χ1n) is 5.41. The minimum atomic E-state index is -0.893. The standard InChI is InChI=1S/C11H17N3O2S/c1-3-12-9-4-5-13-10(8-9)11(15)14-6-7-17(2)16/h4-5,8H,3,6-7H2,1-2H3,(H,12,13)(H,14,15). The molecule has 1 rings (SSSR count). The molecule has 94 valence electrons. The number of amides is 1. The van der Waals surface area contributed by atoms with Gasteiger partial charge in [-0.25, -0.2) is 0 Å². The van der Waals surface area contributed by atoms with Gasteiger partial charge < -0.3 is 10.6 Å². The Kier molecular flexibility index (Phi) is 5.62. The number of pyridine rings is 1. The molecule has 0 fully saturated rings. The first-order chi connectivity index (χ1) is 8.13. The Morgan fingerprint density at radius 3 is 2.94 bits per heavy atom. The van der Waals surface area contributed by atoms with Crippen molar-refractivity contribution in [3.05, 3.63) is 24.0 Å². The molecular weight excluding hydrogens is 238 g/mol. The van der Waals surface area contributed by atoms with Crippen molar-refractivity contribution in [1.82, 2.24) is 10.3 Å². The quantitative estimate of drug-likeness (QED) is 0.782. The van der Waals surface area contributed by atoms with E-state index in [0.29, 0.717) is 18.0 Å². The van der Waals surface area contributed by atoms with Gasteiger partial charge in [-0.05, 0) is 19.1 Å². The topological polar surface area (TPSA) is 71.1 Å². The highest BCUT2D eigenvalue weighted by molar-refractivity contribution is 7.84. The summed E-state index contributed by atoms with van der Waals surface area (Å²) in [6.45, 7) is 3.17. The zero-order valence-corrected chi connectivity index (χ0v) is 10.8. The highest BCUT2D eigenvalue weighted by Crippen LogP contribution is 2.07. The minimum Gasteiger partial charge on any atom is -0.385 e. The third-order valence-electron chi connectivity index (χ3n) is 2.05. The number of nitrogens with zero attached hydrogens (tertiary/aromatic N) is 1. The molecule has 0 aliphatic heterocycles. The lowest BCUT2D eigenvalue weighted by molar-refractivity contribution is 0.0951. The highest BCUT2D eigenvalue weighted by atomic mass is 32.2. The number of hydrogen-bond donors (Lipinski definition) is 2. The Morgan fingerprint density at radius 2 is 2.29 bits per heavy atom. The molecule has 0 aliphatic rings. The van der Waals surface area contributed by atoms with Crippen molar-refractivity contribution in [3.63, 3.8) is 0 Å². The van der Waals surface area contributed by atoms with Crippen molar-refractivity contribution in [2.24, 2.45) is 0 Å². The molecule has 17 heavy (non-hydrogen) atoms. The Morgan fingerprint density at radius 1 is 1.53 bits per heavy atom. The number of carbonyl (C=O) groups is 1. The summed E-state index contributed by atoms with van der Waals surface area (Å²) in [5, 5.41) is 5.79. The van der Waals surface area contributed by atoms with Crippen LogP contribution in [0.2, 0.25) is 0 Å². The van der Waals surface area contributed by atoms with Crippen LogP contribution in [-0.2, 0) is 10.8 Å². The average molecular weight is 255 g/mol. The lowest BCUT2D eigenvalue weighted by atomic mass is 10.3. The molecule has 1 unspecified atom stereocenters. The van der Waals surface area contributed by atoms with E-state index in [1.165, 1.54) is 0 Å². The molecule has 0 saturated heterocycles. The van der Waals surface area contributed by atoms with Crippen LogP contribution in [0.25, 0.3) is 0 Å². The molecule has 0 saturated carbocycles. The fraction of sp³-hybridized carbons (Fsp3) is 0.455. The zero-order valence-electron chi connectivity index (χ0n) is 10.0. The summed E-state index contributed by atoms with van der Waals surface area (Å²) in [5.74, 6) is 0.216. The monoisotopic (exact) mass is 255 g/mol. The van der Waals surface area contributed by atoms with Gasteiger partial charge in [-0.1, -0.05) is 0 Å². The van der Waals surface area contributed by atoms with Crippen LogP contribution in [0.1, 0.15) is 17.4 Å². The van der Waals surface area contributed by atoms with Crippen LogP contribution >= 0.6 is 0 Å². The number of rotatable bonds is 6. The van der Waals surface area contributed by atoms with E-state index in [1.807, 2.05) is 6.92 Å². The molecule has 0 spiro atoms. The van der Waals surface area contributed by atoms with Gasteiger partial charge in [-0.2, -0.15) is 0 Å². The van der Waals surface area contributed by atoms with Gasteiger partial charge >= 0.3 is 0 Å². The number of nitrogens with one attached hydrogen (secondary N) is 2. The van der Waals surface area contributed by atoms with Gasteiger partial charge in [0.25, 0.3) is 5.91 Å². The fourth-order valence-corrected chi connectivity index (χ4v) is 1.66. The Bertz CT molecular complexity index is 409. The lowest BCUT2D eigenvalue weighted by Crippen LogP contribution is -2.28. The van der Waals surface area contributed by atoms with E-state index < -0.39 is 10.8 Å². The maximum Gasteiger partial charge on any atom is 0.269 e. The largest absolute Gasteiger partial charge is 0.385 e. The SMILES string of the molecule is CCNc1ccnc(C(=O)NCCS(C)=O)c1. The Balaban J connectivity index is 2.56. The molecule has 1 aromatic heterocycles. The summed E-state index contributed by atoms with van der Waals surface area (Å²) in [6.07, 6.45) is 3.20. The molecule has 0 bridgehead atoms. The third kappa shape index (κ3) is 4.95. The molecule has 0 radical (unpaired) electrons. The normalized spacial score (nSPS) is 11.9. The Hall–Kier alpha value is -1.43. The van der Waals surface area contributed by atoms with Crippen LogP contribution in [0.5, 0.6) is 0 Å². The van der Waals surface area contributed by atoms with Crippen molar-refractivity contribution in [2.75, 3.05) is 30.4 Å². The van der Waals surface area contributed by atoms with Gasteiger partial charge in [0.2, 0.25) is 0 Å². The summed E-state index contributed by atoms with van der Waals surface area (Å²) in [6, 6.07) is 3.50. The molecule has 1 atom stereocenters. The second-order valence-electron chi connectivity index (χ2n) is 3.49. The Labute approximate surface area is 103 Å². The predicted molar refractivity (Wildman–Crippen MR) is 69.7 cm³/mol. The predicted octanol–water partition coefficient (Wildman–Crippen LogP) is 0.622. The molecular formula is C11H17N3O2S. The molecule has 1 heterocycles. The molecule has 0 aliphatic carbocycles. The van der Waals surface area contributed by atoms with Gasteiger partial charge in [-0.3, -0.25) is 14.0 Å². The van der Waals surface area contributed by atoms with Crippen molar-refractivity contribution < 1.29 is 9.00 Å². The van der Waals surface area contributed by atoms with Gasteiger partial charge in [0.05, 0.1) is 0 Å². The second kappa shape index (κ2) is 7.01. The molecule has 1 amide bonds. The van der Waals surface area contributed by atoms with Crippen molar-refractivity contribution in [2.45, 2.75) is 6.92 Å². The molecule has 1 aromatic rings. The summed E-state index contributed by atoms with van der Waals surface area (Å²) < 4.78 is 10.8. The lowest BCUT2D eigenvalue weighted by Gasteiger charge is -2.06. The van der Waals surface area contributed by atoms with Crippen LogP contribution < -0.4 is 10.6 Å². The summed E-state index contributed by atoms with van der Waals surface area (Å²) in [5.41, 5.74) is 1.23. The summed E-state index contributed by atoms with van der Waals surface area (Å²) in [7, 11) is -0.893. The molecule has 2 N–H and O–H groups in total. The minimum absolute atomic E-state index is 0.241. The molecule has 0 aromatic carbocycles. The van der Waals surface area contributed by atoms with Gasteiger partial charge in [0.15, 0.2) is 0 Å². The van der Waals surface area contributed by atoms with E-state index in [0.717, 1.165) is 12.2 Å². The van der Waals surface area contributed by atoms with Crippen LogP contribution in [0, 0.1) is 0 Å². The van der Waals surface area contributed by atoms with Gasteiger partial charge in [-0.15, -0.1) is 0 Å². The zero-order chi connectivity index (χ0) is 12.7. The van der Waals surface area contributed by atoms with Gasteiger partial charge in [0.1, 0.15) is 5.69 Å². The van der Waals surface area contributed by atoms with Crippen LogP contribution in [0.3, 0.4) is 0 Å². The van der Waals surface area contributed by atoms with Crippen LogP contribution in [0.4, 0.5) is 5.69 Å². The number of hydrogen-bond acceptors (Lipinski definition) is 4. The molecule has 5 nitrogen and oxygen atoms in total. The summed E-state index contributed by atoms with van der Waals surface area (Å²) in [4.78, 5) is 15.7. The fourth-order valence-electron chi connectivity index (χ4n) is 1.27. The summed E-state index contributed by atoms with van der Waals surface area (Å²) >= 11 is 0. The highest BCUT2D eigenvalue weighted by Gasteiger charge is 2.07. The van der Waals surface area contributed by atoms with E-state index in [2.05, 4.69) is 15.6 Å². The first-order valence-corrected chi connectivity index (χ1v) is 7.14. The number of aromatic nitrogens is 1. The van der Waals surface area contributed by atoms with Crippen LogP contribution in [0.15, 0.2) is 18.3 Å². The van der Waals surface area contributed by atoms with Crippen LogP contribution in [-0.4, -0.2) is 40.2 Å². The first kappa shape index (κ1) is 13.6. The van der Waals surface area contributed by atoms with E-state index >= 15 is 0 Å². The van der Waals surface area contributed by atoms with E-state index in [4.69, 9.17) is 0 Å². The maximum absolute atomic E-state index is 11.7. The third-order valence-corrected chi connectivity index (χ3v) is 2.83. The number of anilines is 1. The van der Waals surface area contributed by atoms with Crippen molar-refractivity contribution in [3.8, 4) is 0 Å². The van der Waals surface area contributed by atoms with Crippen molar-refractivity contribution >= 4 is 22.4 Å². The molecule has 6 heteroatoms. The van der Waals surface area contributed by atoms with E-state index in [-0.39, 0.29) is 5.91 Å². The second-order valence-corrected chi connectivity index (χ2v) is 5.05. The van der Waals surface area contributed by atoms with Gasteiger partial charge in [0, 0.05) is 47.8 Å². The smallest absolute Gasteiger partial charge is 0.269 e. The maximum atomic E-state index is 11.7. The van der Waals surface area contributed by atoms with E-state index in [9.17, 15) is 9.00 Å². The number of carbonyl (C=O) groups excluding carboxylic acids is 1.